The van der Waals surface area contributed by atoms with Crippen molar-refractivity contribution >= 4 is 17.8 Å². The number of rotatable bonds is 4. The summed E-state index contributed by atoms with van der Waals surface area (Å²) in [5.74, 6) is -1.02. The number of aromatic carboxylic acids is 1. The van der Waals surface area contributed by atoms with Gasteiger partial charge in [0.25, 0.3) is 5.91 Å². The number of hydrogen-bond donors (Lipinski definition) is 2. The largest absolute Gasteiger partial charge is 0.478 e. The number of nitrogens with one attached hydrogen (secondary N) is 1. The molecule has 0 spiro atoms. The minimum atomic E-state index is -1.06. The number of carboxylic acid groups (broad SMARTS) is 1. The van der Waals surface area contributed by atoms with Crippen molar-refractivity contribution in [1.82, 2.24) is 15.2 Å². The molecule has 2 heterocycles. The van der Waals surface area contributed by atoms with E-state index in [1.54, 1.807) is 6.92 Å². The molecule has 1 aromatic heterocycles. The zero-order valence-corrected chi connectivity index (χ0v) is 15.0. The fourth-order valence-corrected chi connectivity index (χ4v) is 3.86. The standard InChI is InChI=1S/C19H25N3O4/c1-12-15(19(25)26)7-8-16(20-12)17(23)21-14-9-10-22(11-14)18(24)13-5-3-2-4-6-13/h7-8,13-14H,2-6,9-11H2,1H3,(H,21,23)(H,25,26). The van der Waals surface area contributed by atoms with Crippen LogP contribution < -0.4 is 5.32 Å². The van der Waals surface area contributed by atoms with Crippen molar-refractivity contribution in [3.05, 3.63) is 29.1 Å². The highest BCUT2D eigenvalue weighted by molar-refractivity contribution is 5.94. The van der Waals surface area contributed by atoms with Gasteiger partial charge in [0, 0.05) is 25.0 Å². The number of carboxylic acids is 1. The first-order valence-corrected chi connectivity index (χ1v) is 9.26. The lowest BCUT2D eigenvalue weighted by Crippen LogP contribution is -2.40. The average molecular weight is 359 g/mol. The van der Waals surface area contributed by atoms with Crippen LogP contribution in [0.25, 0.3) is 0 Å². The van der Waals surface area contributed by atoms with E-state index in [0.29, 0.717) is 18.8 Å². The number of aromatic nitrogens is 1. The first-order valence-electron chi connectivity index (χ1n) is 9.26. The Bertz CT molecular complexity index is 713. The molecule has 26 heavy (non-hydrogen) atoms. The fraction of sp³-hybridized carbons (Fsp3) is 0.579. The highest BCUT2D eigenvalue weighted by Gasteiger charge is 2.32. The third-order valence-corrected chi connectivity index (χ3v) is 5.34. The lowest BCUT2D eigenvalue weighted by molar-refractivity contribution is -0.135. The van der Waals surface area contributed by atoms with Crippen molar-refractivity contribution in [3.63, 3.8) is 0 Å². The van der Waals surface area contributed by atoms with E-state index in [4.69, 9.17) is 5.11 Å². The highest BCUT2D eigenvalue weighted by Crippen LogP contribution is 2.26. The smallest absolute Gasteiger partial charge is 0.337 e. The number of carbonyl (C=O) groups excluding carboxylic acids is 2. The summed E-state index contributed by atoms with van der Waals surface area (Å²) in [5.41, 5.74) is 0.599. The van der Waals surface area contributed by atoms with Gasteiger partial charge in [-0.25, -0.2) is 9.78 Å². The Hall–Kier alpha value is -2.44. The molecule has 1 saturated heterocycles. The summed E-state index contributed by atoms with van der Waals surface area (Å²) in [6.07, 6.45) is 6.16. The van der Waals surface area contributed by atoms with Crippen LogP contribution in [0.4, 0.5) is 0 Å². The van der Waals surface area contributed by atoms with Crippen molar-refractivity contribution in [2.24, 2.45) is 5.92 Å². The summed E-state index contributed by atoms with van der Waals surface area (Å²) in [7, 11) is 0. The zero-order valence-electron chi connectivity index (χ0n) is 15.0. The van der Waals surface area contributed by atoms with Crippen LogP contribution in [0, 0.1) is 12.8 Å². The van der Waals surface area contributed by atoms with Crippen molar-refractivity contribution in [2.75, 3.05) is 13.1 Å². The molecule has 140 valence electrons. The molecule has 2 fully saturated rings. The van der Waals surface area contributed by atoms with Gasteiger partial charge < -0.3 is 15.3 Å². The minimum Gasteiger partial charge on any atom is -0.478 e. The molecule has 1 unspecified atom stereocenters. The quantitative estimate of drug-likeness (QED) is 0.856. The predicted octanol–water partition coefficient (Wildman–Crippen LogP) is 2.00. The van der Waals surface area contributed by atoms with E-state index < -0.39 is 5.97 Å². The summed E-state index contributed by atoms with van der Waals surface area (Å²) in [6, 6.07) is 2.73. The third-order valence-electron chi connectivity index (χ3n) is 5.34. The summed E-state index contributed by atoms with van der Waals surface area (Å²) >= 11 is 0. The van der Waals surface area contributed by atoms with Gasteiger partial charge in [-0.05, 0) is 38.3 Å². The van der Waals surface area contributed by atoms with Gasteiger partial charge in [-0.15, -0.1) is 0 Å². The van der Waals surface area contributed by atoms with Crippen LogP contribution in [-0.2, 0) is 4.79 Å². The number of amides is 2. The average Bonchev–Trinajstić information content (AvgIpc) is 3.09. The molecule has 1 aromatic rings. The van der Waals surface area contributed by atoms with Gasteiger partial charge in [-0.2, -0.15) is 0 Å². The van der Waals surface area contributed by atoms with E-state index in [1.165, 1.54) is 18.6 Å². The molecule has 0 bridgehead atoms. The van der Waals surface area contributed by atoms with E-state index in [-0.39, 0.29) is 35.0 Å². The van der Waals surface area contributed by atoms with E-state index >= 15 is 0 Å². The second-order valence-electron chi connectivity index (χ2n) is 7.21. The van der Waals surface area contributed by atoms with Crippen molar-refractivity contribution < 1.29 is 19.5 Å². The Morgan fingerprint density at radius 2 is 1.88 bits per heavy atom. The SMILES string of the molecule is Cc1nc(C(=O)NC2CCN(C(=O)C3CCCCC3)C2)ccc1C(=O)O. The van der Waals surface area contributed by atoms with Crippen LogP contribution in [0.1, 0.15) is 65.1 Å². The normalized spacial score (nSPS) is 20.8. The second kappa shape index (κ2) is 7.85. The molecule has 7 nitrogen and oxygen atoms in total. The van der Waals surface area contributed by atoms with Crippen LogP contribution in [0.2, 0.25) is 0 Å². The molecule has 1 saturated carbocycles. The van der Waals surface area contributed by atoms with E-state index in [2.05, 4.69) is 10.3 Å². The number of pyridine rings is 1. The third kappa shape index (κ3) is 4.03. The van der Waals surface area contributed by atoms with Crippen LogP contribution in [0.3, 0.4) is 0 Å². The van der Waals surface area contributed by atoms with E-state index in [9.17, 15) is 14.4 Å². The number of likely N-dealkylation sites (tertiary alicyclic amines) is 1. The summed E-state index contributed by atoms with van der Waals surface area (Å²) in [5, 5.41) is 12.0. The summed E-state index contributed by atoms with van der Waals surface area (Å²) in [6.45, 7) is 2.78. The topological polar surface area (TPSA) is 99.6 Å². The molecule has 1 aliphatic heterocycles. The second-order valence-corrected chi connectivity index (χ2v) is 7.21. The monoisotopic (exact) mass is 359 g/mol. The summed E-state index contributed by atoms with van der Waals surface area (Å²) < 4.78 is 0. The summed E-state index contributed by atoms with van der Waals surface area (Å²) in [4.78, 5) is 42.0. The first kappa shape index (κ1) is 18.4. The van der Waals surface area contributed by atoms with Gasteiger partial charge in [0.1, 0.15) is 5.69 Å². The van der Waals surface area contributed by atoms with E-state index in [0.717, 1.165) is 32.1 Å². The number of nitrogens with zero attached hydrogens (tertiary/aromatic N) is 2. The number of carbonyl (C=O) groups is 3. The Labute approximate surface area is 152 Å². The molecule has 2 amide bonds. The maximum Gasteiger partial charge on any atom is 0.337 e. The molecule has 2 N–H and O–H groups in total. The fourth-order valence-electron chi connectivity index (χ4n) is 3.86. The molecule has 3 rings (SSSR count). The molecule has 1 aliphatic carbocycles. The van der Waals surface area contributed by atoms with Gasteiger partial charge >= 0.3 is 5.97 Å². The molecular formula is C19H25N3O4. The van der Waals surface area contributed by atoms with Crippen molar-refractivity contribution in [1.29, 1.82) is 0 Å². The van der Waals surface area contributed by atoms with Crippen molar-refractivity contribution in [3.8, 4) is 0 Å². The number of hydrogen-bond acceptors (Lipinski definition) is 4. The molecule has 2 aliphatic rings. The Morgan fingerprint density at radius 3 is 2.54 bits per heavy atom. The maximum absolute atomic E-state index is 12.6. The lowest BCUT2D eigenvalue weighted by Gasteiger charge is -2.26. The van der Waals surface area contributed by atoms with Crippen LogP contribution in [-0.4, -0.2) is 51.9 Å². The van der Waals surface area contributed by atoms with Gasteiger partial charge in [-0.3, -0.25) is 9.59 Å². The van der Waals surface area contributed by atoms with Crippen LogP contribution in [0.15, 0.2) is 12.1 Å². The molecular weight excluding hydrogens is 334 g/mol. The Morgan fingerprint density at radius 1 is 1.15 bits per heavy atom. The minimum absolute atomic E-state index is 0.0868. The van der Waals surface area contributed by atoms with Gasteiger partial charge in [-0.1, -0.05) is 19.3 Å². The molecule has 0 aromatic carbocycles. The van der Waals surface area contributed by atoms with Crippen molar-refractivity contribution in [2.45, 2.75) is 51.5 Å². The van der Waals surface area contributed by atoms with Crippen LogP contribution >= 0.6 is 0 Å². The van der Waals surface area contributed by atoms with Gasteiger partial charge in [0.15, 0.2) is 0 Å². The molecule has 7 heteroatoms. The Kier molecular flexibility index (Phi) is 5.54. The lowest BCUT2D eigenvalue weighted by atomic mass is 9.88. The van der Waals surface area contributed by atoms with E-state index in [1.807, 2.05) is 4.90 Å². The maximum atomic E-state index is 12.6. The zero-order chi connectivity index (χ0) is 18.7. The first-order chi connectivity index (χ1) is 12.5. The number of aryl methyl sites for hydroxylation is 1. The van der Waals surface area contributed by atoms with Crippen LogP contribution in [0.5, 0.6) is 0 Å². The molecule has 0 radical (unpaired) electrons. The Balaban J connectivity index is 1.56. The highest BCUT2D eigenvalue weighted by atomic mass is 16.4. The van der Waals surface area contributed by atoms with Gasteiger partial charge in [0.2, 0.25) is 5.91 Å². The molecule has 1 atom stereocenters. The predicted molar refractivity (Wildman–Crippen MR) is 95.0 cm³/mol. The van der Waals surface area contributed by atoms with Gasteiger partial charge in [0.05, 0.1) is 11.3 Å².